The Morgan fingerprint density at radius 3 is 2.18 bits per heavy atom. The molecule has 0 heterocycles. The van der Waals surface area contributed by atoms with E-state index >= 15 is 0 Å². The number of halogens is 1. The first kappa shape index (κ1) is 21.9. The molecule has 2 rings (SSSR count). The van der Waals surface area contributed by atoms with E-state index in [1.165, 1.54) is 5.56 Å². The molecule has 28 heavy (non-hydrogen) atoms. The van der Waals surface area contributed by atoms with Crippen molar-refractivity contribution in [1.29, 1.82) is 0 Å². The van der Waals surface area contributed by atoms with Crippen molar-refractivity contribution < 1.29 is 19.0 Å². The first-order chi connectivity index (χ1) is 13.2. The van der Waals surface area contributed by atoms with Gasteiger partial charge in [0.2, 0.25) is 0 Å². The van der Waals surface area contributed by atoms with Crippen LogP contribution in [0.15, 0.2) is 36.4 Å². The van der Waals surface area contributed by atoms with Crippen molar-refractivity contribution in [3.63, 3.8) is 0 Å². The summed E-state index contributed by atoms with van der Waals surface area (Å²) in [5, 5.41) is 3.33. The Kier molecular flexibility index (Phi) is 7.19. The molecule has 1 N–H and O–H groups in total. The molecule has 0 radical (unpaired) electrons. The lowest BCUT2D eigenvalue weighted by Crippen LogP contribution is -2.36. The minimum atomic E-state index is -0.639. The zero-order valence-electron chi connectivity index (χ0n) is 17.3. The van der Waals surface area contributed by atoms with Crippen molar-refractivity contribution in [1.82, 2.24) is 5.32 Å². The zero-order valence-corrected chi connectivity index (χ0v) is 18.0. The Morgan fingerprint density at radius 1 is 1.07 bits per heavy atom. The summed E-state index contributed by atoms with van der Waals surface area (Å²) < 4.78 is 16.2. The molecule has 0 aliphatic rings. The molecular formula is C22H28ClNO4. The van der Waals surface area contributed by atoms with E-state index in [-0.39, 0.29) is 17.9 Å². The molecule has 0 aliphatic heterocycles. The third-order valence-electron chi connectivity index (χ3n) is 4.41. The highest BCUT2D eigenvalue weighted by Gasteiger charge is 2.17. The Hall–Kier alpha value is -2.40. The predicted molar refractivity (Wildman–Crippen MR) is 112 cm³/mol. The summed E-state index contributed by atoms with van der Waals surface area (Å²) >= 11 is 6.26. The number of benzene rings is 2. The molecule has 2 aromatic rings. The average Bonchev–Trinajstić information content (AvgIpc) is 2.66. The first-order valence-corrected chi connectivity index (χ1v) is 9.48. The van der Waals surface area contributed by atoms with Crippen molar-refractivity contribution in [3.05, 3.63) is 52.5 Å². The van der Waals surface area contributed by atoms with E-state index in [2.05, 4.69) is 26.1 Å². The molecule has 1 atom stereocenters. The summed E-state index contributed by atoms with van der Waals surface area (Å²) in [4.78, 5) is 12.4. The van der Waals surface area contributed by atoms with Gasteiger partial charge < -0.3 is 19.5 Å². The van der Waals surface area contributed by atoms with E-state index in [1.807, 2.05) is 24.3 Å². The van der Waals surface area contributed by atoms with Gasteiger partial charge in [-0.2, -0.15) is 0 Å². The second kappa shape index (κ2) is 9.20. The van der Waals surface area contributed by atoms with Gasteiger partial charge in [0, 0.05) is 17.6 Å². The Bertz CT molecular complexity index is 813. The highest BCUT2D eigenvalue weighted by atomic mass is 35.5. The topological polar surface area (TPSA) is 56.8 Å². The van der Waals surface area contributed by atoms with Crippen LogP contribution >= 0.6 is 11.6 Å². The number of amides is 1. The van der Waals surface area contributed by atoms with Crippen LogP contribution in [0.5, 0.6) is 17.2 Å². The van der Waals surface area contributed by atoms with Crippen molar-refractivity contribution in [2.24, 2.45) is 0 Å². The molecule has 0 aromatic heterocycles. The first-order valence-electron chi connectivity index (χ1n) is 9.11. The summed E-state index contributed by atoms with van der Waals surface area (Å²) in [7, 11) is 3.09. The second-order valence-corrected chi connectivity index (χ2v) is 7.96. The summed E-state index contributed by atoms with van der Waals surface area (Å²) in [6.07, 6.45) is -0.639. The standard InChI is InChI=1S/C22H28ClNO4/c1-14(28-17-9-7-16(8-10-17)22(2,3)4)21(25)24-13-15-11-19(26-5)20(27-6)12-18(15)23/h7-12,14H,13H2,1-6H3,(H,24,25). The van der Waals surface area contributed by atoms with Gasteiger partial charge in [0.15, 0.2) is 17.6 Å². The van der Waals surface area contributed by atoms with Crippen LogP contribution in [0.2, 0.25) is 5.02 Å². The summed E-state index contributed by atoms with van der Waals surface area (Å²) in [6, 6.07) is 11.2. The number of carbonyl (C=O) groups is 1. The van der Waals surface area contributed by atoms with Gasteiger partial charge in [0.05, 0.1) is 14.2 Å². The van der Waals surface area contributed by atoms with Gasteiger partial charge in [0.1, 0.15) is 5.75 Å². The fourth-order valence-corrected chi connectivity index (χ4v) is 2.87. The smallest absolute Gasteiger partial charge is 0.261 e. The van der Waals surface area contributed by atoms with Crippen LogP contribution < -0.4 is 19.5 Å². The minimum Gasteiger partial charge on any atom is -0.493 e. The number of nitrogens with one attached hydrogen (secondary N) is 1. The highest BCUT2D eigenvalue weighted by Crippen LogP contribution is 2.33. The maximum atomic E-state index is 12.4. The third kappa shape index (κ3) is 5.55. The fourth-order valence-electron chi connectivity index (χ4n) is 2.65. The molecule has 0 fully saturated rings. The predicted octanol–water partition coefficient (Wildman–Crippen LogP) is 4.74. The maximum Gasteiger partial charge on any atom is 0.261 e. The molecule has 0 aliphatic carbocycles. The van der Waals surface area contributed by atoms with Gasteiger partial charge >= 0.3 is 0 Å². The molecular weight excluding hydrogens is 378 g/mol. The van der Waals surface area contributed by atoms with Crippen LogP contribution in [-0.4, -0.2) is 26.2 Å². The molecule has 0 saturated carbocycles. The van der Waals surface area contributed by atoms with Crippen molar-refractivity contribution in [2.45, 2.75) is 45.8 Å². The van der Waals surface area contributed by atoms with Gasteiger partial charge in [-0.15, -0.1) is 0 Å². The van der Waals surface area contributed by atoms with E-state index in [9.17, 15) is 4.79 Å². The van der Waals surface area contributed by atoms with Crippen LogP contribution in [0.1, 0.15) is 38.8 Å². The van der Waals surface area contributed by atoms with Crippen LogP contribution in [0.4, 0.5) is 0 Å². The van der Waals surface area contributed by atoms with Crippen molar-refractivity contribution >= 4 is 17.5 Å². The largest absolute Gasteiger partial charge is 0.493 e. The lowest BCUT2D eigenvalue weighted by atomic mass is 9.87. The summed E-state index contributed by atoms with van der Waals surface area (Å²) in [5.74, 6) is 1.52. The quantitative estimate of drug-likeness (QED) is 0.722. The molecule has 1 unspecified atom stereocenters. The minimum absolute atomic E-state index is 0.0697. The lowest BCUT2D eigenvalue weighted by Gasteiger charge is -2.20. The number of hydrogen-bond acceptors (Lipinski definition) is 4. The Labute approximate surface area is 171 Å². The monoisotopic (exact) mass is 405 g/mol. The fraction of sp³-hybridized carbons (Fsp3) is 0.409. The molecule has 6 heteroatoms. The number of methoxy groups -OCH3 is 2. The van der Waals surface area contributed by atoms with Crippen LogP contribution in [0, 0.1) is 0 Å². The van der Waals surface area contributed by atoms with Crippen LogP contribution in [0.25, 0.3) is 0 Å². The average molecular weight is 406 g/mol. The van der Waals surface area contributed by atoms with Crippen molar-refractivity contribution in [2.75, 3.05) is 14.2 Å². The Balaban J connectivity index is 1.98. The van der Waals surface area contributed by atoms with E-state index in [4.69, 9.17) is 25.8 Å². The normalized spacial score (nSPS) is 12.2. The van der Waals surface area contributed by atoms with E-state index in [0.29, 0.717) is 22.3 Å². The number of rotatable bonds is 7. The maximum absolute atomic E-state index is 12.4. The van der Waals surface area contributed by atoms with Gasteiger partial charge in [-0.3, -0.25) is 4.79 Å². The lowest BCUT2D eigenvalue weighted by molar-refractivity contribution is -0.127. The molecule has 0 bridgehead atoms. The van der Waals surface area contributed by atoms with Gasteiger partial charge in [-0.25, -0.2) is 0 Å². The molecule has 0 saturated heterocycles. The molecule has 1 amide bonds. The SMILES string of the molecule is COc1cc(Cl)c(CNC(=O)C(C)Oc2ccc(C(C)(C)C)cc2)cc1OC. The van der Waals surface area contributed by atoms with E-state index in [0.717, 1.165) is 5.56 Å². The molecule has 0 spiro atoms. The number of ether oxygens (including phenoxy) is 3. The van der Waals surface area contributed by atoms with Crippen molar-refractivity contribution in [3.8, 4) is 17.2 Å². The van der Waals surface area contributed by atoms with Crippen LogP contribution in [-0.2, 0) is 16.8 Å². The van der Waals surface area contributed by atoms with Gasteiger partial charge in [-0.05, 0) is 41.7 Å². The number of carbonyl (C=O) groups excluding carboxylic acids is 1. The highest BCUT2D eigenvalue weighted by molar-refractivity contribution is 6.31. The van der Waals surface area contributed by atoms with Gasteiger partial charge in [0.25, 0.3) is 5.91 Å². The zero-order chi connectivity index (χ0) is 20.9. The molecule has 5 nitrogen and oxygen atoms in total. The van der Waals surface area contributed by atoms with E-state index in [1.54, 1.807) is 33.3 Å². The summed E-state index contributed by atoms with van der Waals surface area (Å²) in [6.45, 7) is 8.42. The van der Waals surface area contributed by atoms with Gasteiger partial charge in [-0.1, -0.05) is 44.5 Å². The third-order valence-corrected chi connectivity index (χ3v) is 4.76. The van der Waals surface area contributed by atoms with Crippen LogP contribution in [0.3, 0.4) is 0 Å². The molecule has 152 valence electrons. The summed E-state index contributed by atoms with van der Waals surface area (Å²) in [5.41, 5.74) is 2.01. The molecule has 2 aromatic carbocycles. The number of hydrogen-bond donors (Lipinski definition) is 1. The second-order valence-electron chi connectivity index (χ2n) is 7.55. The van der Waals surface area contributed by atoms with E-state index < -0.39 is 6.10 Å². The Morgan fingerprint density at radius 2 is 1.64 bits per heavy atom.